The lowest BCUT2D eigenvalue weighted by molar-refractivity contribution is 0.626. The lowest BCUT2D eigenvalue weighted by atomic mass is 10.2. The predicted octanol–water partition coefficient (Wildman–Crippen LogP) is 3.82. The maximum Gasteiger partial charge on any atom is 0.187 e. The summed E-state index contributed by atoms with van der Waals surface area (Å²) in [7, 11) is 0. The van der Waals surface area contributed by atoms with Crippen molar-refractivity contribution in [1.82, 2.24) is 15.7 Å². The van der Waals surface area contributed by atoms with Crippen LogP contribution in [-0.2, 0) is 6.54 Å². The van der Waals surface area contributed by atoms with Gasteiger partial charge in [0.05, 0.1) is 15.9 Å². The molecule has 0 aliphatic rings. The molecule has 1 heterocycles. The number of hydrogen-bond acceptors (Lipinski definition) is 4. The molecule has 0 unspecified atom stereocenters. The molecule has 3 aromatic rings. The van der Waals surface area contributed by atoms with Gasteiger partial charge in [0.25, 0.3) is 0 Å². The standard InChI is InChI=1S/C17H15FN4S2/c1-11(16-20-14-4-2-3-5-15(14)24-16)21-22-17(23)19-10-12-6-8-13(18)9-7-12/h2-9H,10H2,1H3,(H2,19,22,23)/b21-11-. The highest BCUT2D eigenvalue weighted by atomic mass is 32.1. The monoisotopic (exact) mass is 358 g/mol. The third kappa shape index (κ3) is 4.12. The van der Waals surface area contributed by atoms with Gasteiger partial charge < -0.3 is 5.32 Å². The maximum atomic E-state index is 12.9. The lowest BCUT2D eigenvalue weighted by Gasteiger charge is -2.07. The molecule has 0 fully saturated rings. The molecule has 0 radical (unpaired) electrons. The van der Waals surface area contributed by atoms with Crippen molar-refractivity contribution in [2.75, 3.05) is 0 Å². The van der Waals surface area contributed by atoms with Gasteiger partial charge in [0.2, 0.25) is 0 Å². The van der Waals surface area contributed by atoms with Gasteiger partial charge >= 0.3 is 0 Å². The average molecular weight is 358 g/mol. The quantitative estimate of drug-likeness (QED) is 0.423. The molecule has 0 amide bonds. The Balaban J connectivity index is 1.57. The third-order valence-electron chi connectivity index (χ3n) is 3.29. The van der Waals surface area contributed by atoms with Gasteiger partial charge in [-0.1, -0.05) is 24.3 Å². The number of halogens is 1. The van der Waals surface area contributed by atoms with E-state index in [9.17, 15) is 4.39 Å². The first kappa shape index (κ1) is 16.5. The number of hydrogen-bond donors (Lipinski definition) is 2. The number of para-hydroxylation sites is 1. The van der Waals surface area contributed by atoms with Crippen LogP contribution < -0.4 is 10.7 Å². The van der Waals surface area contributed by atoms with E-state index in [0.717, 1.165) is 26.5 Å². The van der Waals surface area contributed by atoms with Gasteiger partial charge in [-0.25, -0.2) is 9.37 Å². The van der Waals surface area contributed by atoms with E-state index in [-0.39, 0.29) is 5.82 Å². The number of benzene rings is 2. The Labute approximate surface area is 148 Å². The van der Waals surface area contributed by atoms with E-state index in [1.807, 2.05) is 31.2 Å². The SMILES string of the molecule is C/C(=N/NC(=S)NCc1ccc(F)cc1)c1nc2ccccc2s1. The second-order valence-corrected chi connectivity index (χ2v) is 6.54. The van der Waals surface area contributed by atoms with Crippen LogP contribution in [0.3, 0.4) is 0 Å². The smallest absolute Gasteiger partial charge is 0.187 e. The minimum Gasteiger partial charge on any atom is -0.357 e. The van der Waals surface area contributed by atoms with E-state index in [1.165, 1.54) is 12.1 Å². The predicted molar refractivity (Wildman–Crippen MR) is 101 cm³/mol. The second kappa shape index (κ2) is 7.46. The van der Waals surface area contributed by atoms with Crippen LogP contribution in [0.1, 0.15) is 17.5 Å². The molecule has 2 aromatic carbocycles. The summed E-state index contributed by atoms with van der Waals surface area (Å²) < 4.78 is 14.0. The zero-order valence-corrected chi connectivity index (χ0v) is 14.5. The molecule has 0 aliphatic heterocycles. The van der Waals surface area contributed by atoms with Crippen molar-refractivity contribution in [2.45, 2.75) is 13.5 Å². The van der Waals surface area contributed by atoms with Crippen LogP contribution in [0.25, 0.3) is 10.2 Å². The van der Waals surface area contributed by atoms with E-state index in [2.05, 4.69) is 20.8 Å². The van der Waals surface area contributed by atoms with E-state index in [1.54, 1.807) is 23.5 Å². The highest BCUT2D eigenvalue weighted by molar-refractivity contribution is 7.80. The van der Waals surface area contributed by atoms with E-state index in [4.69, 9.17) is 12.2 Å². The number of aromatic nitrogens is 1. The van der Waals surface area contributed by atoms with Crippen LogP contribution in [0.15, 0.2) is 53.6 Å². The Hall–Kier alpha value is -2.38. The van der Waals surface area contributed by atoms with Crippen LogP contribution in [0, 0.1) is 5.82 Å². The van der Waals surface area contributed by atoms with Crippen molar-refractivity contribution in [1.29, 1.82) is 0 Å². The number of hydrazone groups is 1. The number of fused-ring (bicyclic) bond motifs is 1. The third-order valence-corrected chi connectivity index (χ3v) is 4.68. The van der Waals surface area contributed by atoms with Crippen molar-refractivity contribution in [2.24, 2.45) is 5.10 Å². The van der Waals surface area contributed by atoms with Crippen LogP contribution >= 0.6 is 23.6 Å². The summed E-state index contributed by atoms with van der Waals surface area (Å²) >= 11 is 6.78. The Morgan fingerprint density at radius 3 is 2.71 bits per heavy atom. The molecule has 4 nitrogen and oxygen atoms in total. The van der Waals surface area contributed by atoms with Gasteiger partial charge in [-0.2, -0.15) is 5.10 Å². The van der Waals surface area contributed by atoms with Crippen LogP contribution in [0.5, 0.6) is 0 Å². The second-order valence-electron chi connectivity index (χ2n) is 5.10. The summed E-state index contributed by atoms with van der Waals surface area (Å²) in [4.78, 5) is 4.54. The molecule has 0 spiro atoms. The molecule has 0 aliphatic carbocycles. The number of nitrogens with one attached hydrogen (secondary N) is 2. The van der Waals surface area contributed by atoms with E-state index < -0.39 is 0 Å². The topological polar surface area (TPSA) is 49.3 Å². The largest absolute Gasteiger partial charge is 0.357 e. The fraction of sp³-hybridized carbons (Fsp3) is 0.118. The molecule has 2 N–H and O–H groups in total. The first-order chi connectivity index (χ1) is 11.6. The van der Waals surface area contributed by atoms with Crippen molar-refractivity contribution < 1.29 is 4.39 Å². The Morgan fingerprint density at radius 2 is 1.96 bits per heavy atom. The summed E-state index contributed by atoms with van der Waals surface area (Å²) in [6.07, 6.45) is 0. The zero-order valence-electron chi connectivity index (χ0n) is 12.9. The van der Waals surface area contributed by atoms with Crippen molar-refractivity contribution in [3.05, 3.63) is 64.9 Å². The molecule has 1 aromatic heterocycles. The fourth-order valence-corrected chi connectivity index (χ4v) is 3.06. The zero-order chi connectivity index (χ0) is 16.9. The first-order valence-electron chi connectivity index (χ1n) is 7.30. The molecule has 0 saturated heterocycles. The van der Waals surface area contributed by atoms with Crippen molar-refractivity contribution in [3.63, 3.8) is 0 Å². The molecular weight excluding hydrogens is 343 g/mol. The van der Waals surface area contributed by atoms with E-state index in [0.29, 0.717) is 11.7 Å². The van der Waals surface area contributed by atoms with Gasteiger partial charge in [0.1, 0.15) is 10.8 Å². The molecule has 0 atom stereocenters. The normalized spacial score (nSPS) is 11.5. The summed E-state index contributed by atoms with van der Waals surface area (Å²) in [5, 5.41) is 8.55. The fourth-order valence-electron chi connectivity index (χ4n) is 2.03. The highest BCUT2D eigenvalue weighted by Gasteiger charge is 2.06. The molecular formula is C17H15FN4S2. The Kier molecular flexibility index (Phi) is 5.12. The molecule has 24 heavy (non-hydrogen) atoms. The maximum absolute atomic E-state index is 12.9. The summed E-state index contributed by atoms with van der Waals surface area (Å²) in [5.41, 5.74) is 5.47. The summed E-state index contributed by atoms with van der Waals surface area (Å²) in [6, 6.07) is 14.2. The van der Waals surface area contributed by atoms with Gasteiger partial charge in [0, 0.05) is 6.54 Å². The number of thiazole rings is 1. The minimum atomic E-state index is -0.254. The average Bonchev–Trinajstić information content (AvgIpc) is 3.03. The van der Waals surface area contributed by atoms with Gasteiger partial charge in [-0.15, -0.1) is 11.3 Å². The van der Waals surface area contributed by atoms with Crippen LogP contribution in [0.4, 0.5) is 4.39 Å². The highest BCUT2D eigenvalue weighted by Crippen LogP contribution is 2.21. The van der Waals surface area contributed by atoms with Crippen molar-refractivity contribution >= 4 is 44.6 Å². The van der Waals surface area contributed by atoms with Gasteiger partial charge in [0.15, 0.2) is 5.11 Å². The van der Waals surface area contributed by atoms with Gasteiger partial charge in [-0.3, -0.25) is 5.43 Å². The number of nitrogens with zero attached hydrogens (tertiary/aromatic N) is 2. The Bertz CT molecular complexity index is 854. The number of rotatable bonds is 4. The van der Waals surface area contributed by atoms with Crippen molar-refractivity contribution in [3.8, 4) is 0 Å². The molecule has 7 heteroatoms. The Morgan fingerprint density at radius 1 is 1.21 bits per heavy atom. The van der Waals surface area contributed by atoms with E-state index >= 15 is 0 Å². The van der Waals surface area contributed by atoms with Crippen LogP contribution in [0.2, 0.25) is 0 Å². The lowest BCUT2D eigenvalue weighted by Crippen LogP contribution is -2.32. The molecule has 0 saturated carbocycles. The minimum absolute atomic E-state index is 0.254. The van der Waals surface area contributed by atoms with Gasteiger partial charge in [-0.05, 0) is 49.0 Å². The summed E-state index contributed by atoms with van der Waals surface area (Å²) in [5.74, 6) is -0.254. The molecule has 3 rings (SSSR count). The van der Waals surface area contributed by atoms with Crippen LogP contribution in [-0.4, -0.2) is 15.8 Å². The first-order valence-corrected chi connectivity index (χ1v) is 8.53. The number of thiocarbonyl (C=S) groups is 1. The molecule has 0 bridgehead atoms. The summed E-state index contributed by atoms with van der Waals surface area (Å²) in [6.45, 7) is 2.38. The molecule has 122 valence electrons.